The van der Waals surface area contributed by atoms with Gasteiger partial charge in [-0.3, -0.25) is 19.3 Å². The van der Waals surface area contributed by atoms with Crippen molar-refractivity contribution in [2.75, 3.05) is 77.1 Å². The molecule has 4 aliphatic heterocycles. The molecule has 0 aromatic heterocycles. The van der Waals surface area contributed by atoms with Crippen LogP contribution in [-0.4, -0.2) is 115 Å². The Hall–Kier alpha value is -2.60. The molecule has 1 saturated carbocycles. The molecule has 300 valence electrons. The van der Waals surface area contributed by atoms with Gasteiger partial charge in [0.2, 0.25) is 0 Å². The molecule has 2 aromatic carbocycles. The van der Waals surface area contributed by atoms with Crippen LogP contribution in [0.1, 0.15) is 80.8 Å². The lowest BCUT2D eigenvalue weighted by Gasteiger charge is -2.53. The van der Waals surface area contributed by atoms with Crippen LogP contribution in [0.5, 0.6) is 5.75 Å². The number of ether oxygens (including phenoxy) is 3. The zero-order valence-corrected chi connectivity index (χ0v) is 34.7. The first-order valence-corrected chi connectivity index (χ1v) is 23.0. The number of carbonyl (C=O) groups excluding carboxylic acids is 1. The van der Waals surface area contributed by atoms with Crippen LogP contribution in [-0.2, 0) is 31.0 Å². The van der Waals surface area contributed by atoms with Crippen molar-refractivity contribution in [1.29, 1.82) is 0 Å². The van der Waals surface area contributed by atoms with Crippen LogP contribution in [0.2, 0.25) is 5.02 Å². The molecule has 8 rings (SSSR count). The van der Waals surface area contributed by atoms with E-state index in [0.717, 1.165) is 120 Å². The Bertz CT molecular complexity index is 1870. The highest BCUT2D eigenvalue weighted by Crippen LogP contribution is 2.49. The number of piperazine rings is 1. The van der Waals surface area contributed by atoms with Crippen molar-refractivity contribution in [2.24, 2.45) is 17.8 Å². The normalized spacial score (nSPS) is 36.3. The molecular formula is C44H61ClN4O5S. The van der Waals surface area contributed by atoms with Crippen molar-refractivity contribution in [1.82, 2.24) is 14.5 Å². The first-order valence-electron chi connectivity index (χ1n) is 20.8. The highest BCUT2D eigenvalue weighted by atomic mass is 35.5. The maximum Gasteiger partial charge on any atom is 0.262 e. The third-order valence-electron chi connectivity index (χ3n) is 13.9. The molecule has 9 nitrogen and oxygen atoms in total. The minimum absolute atomic E-state index is 0.0267. The summed E-state index contributed by atoms with van der Waals surface area (Å²) in [4.78, 5) is 21.6. The topological polar surface area (TPSA) is 83.6 Å². The van der Waals surface area contributed by atoms with E-state index in [1.165, 1.54) is 11.1 Å². The van der Waals surface area contributed by atoms with Gasteiger partial charge >= 0.3 is 0 Å². The molecule has 1 N–H and O–H groups in total. The van der Waals surface area contributed by atoms with E-state index in [1.807, 2.05) is 25.1 Å². The molecule has 2 aromatic rings. The molecular weight excluding hydrogens is 732 g/mol. The zero-order chi connectivity index (χ0) is 38.4. The lowest BCUT2D eigenvalue weighted by atomic mass is 9.63. The minimum Gasteiger partial charge on any atom is -0.490 e. The fraction of sp³-hybridized carbons (Fsp3) is 0.636. The monoisotopic (exact) mass is 792 g/mol. The van der Waals surface area contributed by atoms with Gasteiger partial charge in [-0.1, -0.05) is 43.7 Å². The summed E-state index contributed by atoms with van der Waals surface area (Å²) in [6, 6.07) is 12.5. The third-order valence-corrected chi connectivity index (χ3v) is 16.4. The third kappa shape index (κ3) is 7.85. The summed E-state index contributed by atoms with van der Waals surface area (Å²) in [5, 5.41) is 0.433. The first-order chi connectivity index (χ1) is 26.5. The Balaban J connectivity index is 1.20. The highest BCUT2D eigenvalue weighted by molar-refractivity contribution is 7.99. The standard InChI is InChI=1S/C44H61ClN4O5S/c1-5-21-54-44(29-47-18-19-48-20-22-52-27-37(48)26-47)17-6-8-31(2)32(3)55(4,51)46-42(50)34-11-15-41-40(24-34)49(25-35-10-13-39(35)44)28-43(30-53-41)16-7-9-33-23-36(45)12-14-38(33)43/h6,11-12,14-15,17,23-24,31-32,35,37,39H,4-5,7-10,13,16,18-22,25-30H2,1-3H3,(H,46,50,51)/b17-6+/t31-,32+,35-,37-,39+,43-,44-,55?/m0/s1. The molecule has 2 saturated heterocycles. The average Bonchev–Trinajstić information content (AvgIpc) is 3.31. The summed E-state index contributed by atoms with van der Waals surface area (Å²) in [5.41, 5.74) is 3.31. The quantitative estimate of drug-likeness (QED) is 0.277. The van der Waals surface area contributed by atoms with Gasteiger partial charge in [0.1, 0.15) is 11.4 Å². The summed E-state index contributed by atoms with van der Waals surface area (Å²) in [5.74, 6) is 5.23. The van der Waals surface area contributed by atoms with Crippen LogP contribution < -0.4 is 14.4 Å². The molecule has 1 spiro atoms. The number of nitrogens with one attached hydrogen (secondary N) is 1. The number of fused-ring (bicyclic) bond motifs is 5. The van der Waals surface area contributed by atoms with E-state index in [9.17, 15) is 9.00 Å². The number of morpholine rings is 1. The number of hydrogen-bond donors (Lipinski definition) is 1. The van der Waals surface area contributed by atoms with E-state index in [2.05, 4.69) is 63.4 Å². The van der Waals surface area contributed by atoms with Gasteiger partial charge in [0.25, 0.3) is 5.91 Å². The second kappa shape index (κ2) is 16.0. The molecule has 3 fully saturated rings. The van der Waals surface area contributed by atoms with Crippen LogP contribution in [0.15, 0.2) is 48.6 Å². The summed E-state index contributed by atoms with van der Waals surface area (Å²) >= 11 is 6.55. The number of hydrogen-bond acceptors (Lipinski definition) is 8. The lowest BCUT2D eigenvalue weighted by Crippen LogP contribution is -2.63. The van der Waals surface area contributed by atoms with Crippen molar-refractivity contribution in [3.05, 3.63) is 70.3 Å². The van der Waals surface area contributed by atoms with E-state index in [0.29, 0.717) is 36.7 Å². The molecule has 6 aliphatic rings. The molecule has 2 aliphatic carbocycles. The second-order valence-electron chi connectivity index (χ2n) is 17.5. The number of amides is 1. The SMILES string of the molecule is C=S1(=O)NC(=O)c2ccc3c(c2)N(C[C@@H]2CC[C@H]2[C@](CN2CCN4CCOC[C@@H]4C2)(OCCC)/C=C/C[C@H](C)[C@H]1C)C[C@@]1(CCCc2cc(Cl)ccc21)CO3. The largest absolute Gasteiger partial charge is 0.490 e. The number of aryl methyl sites for hydroxylation is 1. The van der Waals surface area contributed by atoms with Crippen molar-refractivity contribution < 1.29 is 23.2 Å². The van der Waals surface area contributed by atoms with Gasteiger partial charge in [-0.25, -0.2) is 4.21 Å². The Morgan fingerprint density at radius 3 is 2.80 bits per heavy atom. The van der Waals surface area contributed by atoms with Gasteiger partial charge < -0.3 is 19.1 Å². The number of nitrogens with zero attached hydrogens (tertiary/aromatic N) is 3. The lowest BCUT2D eigenvalue weighted by molar-refractivity contribution is -0.124. The molecule has 1 amide bonds. The molecule has 1 unspecified atom stereocenters. The molecule has 8 atom stereocenters. The van der Waals surface area contributed by atoms with E-state index < -0.39 is 15.3 Å². The Morgan fingerprint density at radius 1 is 1.11 bits per heavy atom. The Kier molecular flexibility index (Phi) is 11.4. The van der Waals surface area contributed by atoms with E-state index in [4.69, 9.17) is 25.8 Å². The Labute approximate surface area is 334 Å². The molecule has 55 heavy (non-hydrogen) atoms. The van der Waals surface area contributed by atoms with Gasteiger partial charge in [-0.05, 0) is 117 Å². The zero-order valence-electron chi connectivity index (χ0n) is 33.1. The van der Waals surface area contributed by atoms with Gasteiger partial charge in [0.05, 0.1) is 35.2 Å². The number of carbonyl (C=O) groups is 1. The summed E-state index contributed by atoms with van der Waals surface area (Å²) in [6.07, 6.45) is 11.6. The summed E-state index contributed by atoms with van der Waals surface area (Å²) in [7, 11) is -2.97. The van der Waals surface area contributed by atoms with E-state index in [-0.39, 0.29) is 22.5 Å². The van der Waals surface area contributed by atoms with Crippen LogP contribution in [0.4, 0.5) is 5.69 Å². The van der Waals surface area contributed by atoms with E-state index >= 15 is 0 Å². The first kappa shape index (κ1) is 39.2. The van der Waals surface area contributed by atoms with Crippen molar-refractivity contribution in [2.45, 2.75) is 88.0 Å². The van der Waals surface area contributed by atoms with Crippen LogP contribution >= 0.6 is 11.6 Å². The summed E-state index contributed by atoms with van der Waals surface area (Å²) < 4.78 is 37.0. The average molecular weight is 794 g/mol. The minimum atomic E-state index is -2.97. The number of anilines is 1. The number of benzene rings is 2. The maximum absolute atomic E-state index is 14.2. The highest BCUT2D eigenvalue weighted by Gasteiger charge is 2.50. The van der Waals surface area contributed by atoms with Crippen molar-refractivity contribution >= 4 is 38.8 Å². The molecule has 11 heteroatoms. The van der Waals surface area contributed by atoms with Gasteiger partial charge in [-0.2, -0.15) is 0 Å². The van der Waals surface area contributed by atoms with Gasteiger partial charge in [0.15, 0.2) is 0 Å². The fourth-order valence-corrected chi connectivity index (χ4v) is 12.1. The van der Waals surface area contributed by atoms with Gasteiger partial charge in [0, 0.05) is 79.7 Å². The van der Waals surface area contributed by atoms with Crippen LogP contribution in [0, 0.1) is 17.8 Å². The molecule has 2 bridgehead atoms. The maximum atomic E-state index is 14.2. The van der Waals surface area contributed by atoms with Crippen LogP contribution in [0.25, 0.3) is 0 Å². The second-order valence-corrected chi connectivity index (χ2v) is 20.3. The smallest absolute Gasteiger partial charge is 0.262 e. The fourth-order valence-electron chi connectivity index (χ4n) is 10.4. The predicted octanol–water partition coefficient (Wildman–Crippen LogP) is 6.37. The predicted molar refractivity (Wildman–Crippen MR) is 223 cm³/mol. The number of allylic oxidation sites excluding steroid dienone is 1. The van der Waals surface area contributed by atoms with Crippen molar-refractivity contribution in [3.63, 3.8) is 0 Å². The summed E-state index contributed by atoms with van der Waals surface area (Å²) in [6.45, 7) is 15.6. The van der Waals surface area contributed by atoms with Crippen molar-refractivity contribution in [3.8, 4) is 5.75 Å². The van der Waals surface area contributed by atoms with Crippen LogP contribution in [0.3, 0.4) is 0 Å². The number of halogens is 1. The van der Waals surface area contributed by atoms with Gasteiger partial charge in [-0.15, -0.1) is 0 Å². The molecule has 4 heterocycles. The molecule has 0 radical (unpaired) electrons. The number of rotatable bonds is 5. The Morgan fingerprint density at radius 2 is 1.98 bits per heavy atom. The van der Waals surface area contributed by atoms with E-state index in [1.54, 1.807) is 6.07 Å².